The summed E-state index contributed by atoms with van der Waals surface area (Å²) >= 11 is 1.56. The normalized spacial score (nSPS) is 16.6. The number of carbonyl (C=O) groups is 2. The summed E-state index contributed by atoms with van der Waals surface area (Å²) in [5.41, 5.74) is 1.35. The molecule has 138 valence electrons. The molecule has 0 aliphatic carbocycles. The van der Waals surface area contributed by atoms with Gasteiger partial charge in [-0.3, -0.25) is 9.59 Å². The Hall–Kier alpha value is -3.00. The van der Waals surface area contributed by atoms with E-state index in [0.717, 1.165) is 35.4 Å². The molecular weight excluding hydrogens is 364 g/mol. The summed E-state index contributed by atoms with van der Waals surface area (Å²) in [6.07, 6.45) is 3.20. The van der Waals surface area contributed by atoms with Crippen LogP contribution in [0.25, 0.3) is 10.2 Å². The molecular formula is C19H18N4O3S. The molecule has 0 spiro atoms. The summed E-state index contributed by atoms with van der Waals surface area (Å²) in [7, 11) is 0. The Morgan fingerprint density at radius 2 is 2.04 bits per heavy atom. The van der Waals surface area contributed by atoms with Gasteiger partial charge in [0.2, 0.25) is 5.91 Å². The fourth-order valence-electron chi connectivity index (χ4n) is 3.40. The largest absolute Gasteiger partial charge is 0.481 e. The lowest BCUT2D eigenvalue weighted by Gasteiger charge is -2.25. The minimum absolute atomic E-state index is 0.0328. The van der Waals surface area contributed by atoms with E-state index in [0.29, 0.717) is 11.3 Å². The number of carboxylic acid groups (broad SMARTS) is 1. The summed E-state index contributed by atoms with van der Waals surface area (Å²) in [4.78, 5) is 35.3. The molecule has 0 bridgehead atoms. The van der Waals surface area contributed by atoms with Gasteiger partial charge in [0.25, 0.3) is 0 Å². The summed E-state index contributed by atoms with van der Waals surface area (Å²) in [5, 5.41) is 14.7. The molecule has 27 heavy (non-hydrogen) atoms. The highest BCUT2D eigenvalue weighted by atomic mass is 32.1. The molecule has 1 amide bonds. The highest BCUT2D eigenvalue weighted by Gasteiger charge is 2.32. The minimum Gasteiger partial charge on any atom is -0.481 e. The Balaban J connectivity index is 1.51. The van der Waals surface area contributed by atoms with Gasteiger partial charge in [0.05, 0.1) is 11.8 Å². The van der Waals surface area contributed by atoms with Gasteiger partial charge < -0.3 is 15.3 Å². The Kier molecular flexibility index (Phi) is 4.72. The Morgan fingerprint density at radius 3 is 2.81 bits per heavy atom. The number of thiophene rings is 1. The zero-order valence-electron chi connectivity index (χ0n) is 14.5. The standard InChI is InChI=1S/C19H18N4O3S/c24-16(25)10-12-3-5-13(6-4-12)22-18(26)15-2-1-8-23(15)17-14-7-9-27-19(14)21-11-20-17/h3-7,9,11,15H,1-2,8,10H2,(H,22,26)(H,24,25). The van der Waals surface area contributed by atoms with Crippen molar-refractivity contribution in [1.29, 1.82) is 0 Å². The number of aromatic nitrogens is 2. The summed E-state index contributed by atoms with van der Waals surface area (Å²) < 4.78 is 0. The number of nitrogens with one attached hydrogen (secondary N) is 1. The first-order chi connectivity index (χ1) is 13.1. The molecule has 1 atom stereocenters. The minimum atomic E-state index is -0.877. The molecule has 3 heterocycles. The van der Waals surface area contributed by atoms with Gasteiger partial charge in [-0.2, -0.15) is 0 Å². The quantitative estimate of drug-likeness (QED) is 0.704. The van der Waals surface area contributed by atoms with Crippen LogP contribution in [0, 0.1) is 0 Å². The molecule has 1 saturated heterocycles. The van der Waals surface area contributed by atoms with Crippen molar-refractivity contribution in [3.05, 3.63) is 47.6 Å². The molecule has 3 aromatic rings. The van der Waals surface area contributed by atoms with E-state index in [1.807, 2.05) is 16.3 Å². The lowest BCUT2D eigenvalue weighted by molar-refractivity contribution is -0.136. The van der Waals surface area contributed by atoms with Crippen LogP contribution >= 0.6 is 11.3 Å². The number of anilines is 2. The maximum absolute atomic E-state index is 12.8. The van der Waals surface area contributed by atoms with E-state index in [1.54, 1.807) is 41.9 Å². The van der Waals surface area contributed by atoms with Gasteiger partial charge in [0.15, 0.2) is 0 Å². The van der Waals surface area contributed by atoms with Crippen LogP contribution in [0.4, 0.5) is 11.5 Å². The van der Waals surface area contributed by atoms with Crippen LogP contribution < -0.4 is 10.2 Å². The Labute approximate surface area is 159 Å². The van der Waals surface area contributed by atoms with E-state index < -0.39 is 5.97 Å². The first-order valence-corrected chi connectivity index (χ1v) is 9.56. The SMILES string of the molecule is O=C(O)Cc1ccc(NC(=O)C2CCCN2c2ncnc3sccc23)cc1. The molecule has 4 rings (SSSR count). The molecule has 7 nitrogen and oxygen atoms in total. The van der Waals surface area contributed by atoms with Crippen LogP contribution in [0.2, 0.25) is 0 Å². The fraction of sp³-hybridized carbons (Fsp3) is 0.263. The van der Waals surface area contributed by atoms with Gasteiger partial charge in [-0.1, -0.05) is 12.1 Å². The number of benzene rings is 1. The van der Waals surface area contributed by atoms with Crippen molar-refractivity contribution in [1.82, 2.24) is 9.97 Å². The van der Waals surface area contributed by atoms with E-state index in [-0.39, 0.29) is 18.4 Å². The van der Waals surface area contributed by atoms with E-state index in [1.165, 1.54) is 0 Å². The van der Waals surface area contributed by atoms with Crippen molar-refractivity contribution in [2.75, 3.05) is 16.8 Å². The molecule has 0 saturated carbocycles. The molecule has 1 aliphatic heterocycles. The molecule has 1 fully saturated rings. The second kappa shape index (κ2) is 7.32. The smallest absolute Gasteiger partial charge is 0.307 e. The molecule has 2 N–H and O–H groups in total. The van der Waals surface area contributed by atoms with Crippen LogP contribution in [0.5, 0.6) is 0 Å². The first kappa shape index (κ1) is 17.4. The van der Waals surface area contributed by atoms with Crippen LogP contribution in [0.15, 0.2) is 42.0 Å². The van der Waals surface area contributed by atoms with Crippen molar-refractivity contribution >= 4 is 44.9 Å². The fourth-order valence-corrected chi connectivity index (χ4v) is 4.13. The van der Waals surface area contributed by atoms with Gasteiger partial charge in [-0.15, -0.1) is 11.3 Å². The average Bonchev–Trinajstić information content (AvgIpc) is 3.31. The predicted molar refractivity (Wildman–Crippen MR) is 104 cm³/mol. The van der Waals surface area contributed by atoms with E-state index in [9.17, 15) is 9.59 Å². The summed E-state index contributed by atoms with van der Waals surface area (Å²) in [6.45, 7) is 0.775. The highest BCUT2D eigenvalue weighted by Crippen LogP contribution is 2.32. The maximum atomic E-state index is 12.8. The molecule has 1 aromatic carbocycles. The number of rotatable bonds is 5. The number of nitrogens with zero attached hydrogens (tertiary/aromatic N) is 3. The van der Waals surface area contributed by atoms with Gasteiger partial charge in [-0.05, 0) is 42.0 Å². The van der Waals surface area contributed by atoms with Crippen LogP contribution in [0.3, 0.4) is 0 Å². The van der Waals surface area contributed by atoms with Crippen molar-refractivity contribution in [3.63, 3.8) is 0 Å². The van der Waals surface area contributed by atoms with Crippen molar-refractivity contribution < 1.29 is 14.7 Å². The third kappa shape index (κ3) is 3.61. The molecule has 1 unspecified atom stereocenters. The lowest BCUT2D eigenvalue weighted by atomic mass is 10.1. The average molecular weight is 382 g/mol. The van der Waals surface area contributed by atoms with Gasteiger partial charge in [0.1, 0.15) is 23.0 Å². The number of carboxylic acids is 1. The highest BCUT2D eigenvalue weighted by molar-refractivity contribution is 7.16. The predicted octanol–water partition coefficient (Wildman–Crippen LogP) is 2.93. The number of amides is 1. The monoisotopic (exact) mass is 382 g/mol. The second-order valence-corrected chi connectivity index (χ2v) is 7.34. The summed E-state index contributed by atoms with van der Waals surface area (Å²) in [6, 6.07) is 8.60. The van der Waals surface area contributed by atoms with Crippen LogP contribution in [0.1, 0.15) is 18.4 Å². The summed E-state index contributed by atoms with van der Waals surface area (Å²) in [5.74, 6) is -0.158. The van der Waals surface area contributed by atoms with E-state index in [2.05, 4.69) is 15.3 Å². The molecule has 2 aromatic heterocycles. The van der Waals surface area contributed by atoms with Crippen LogP contribution in [-0.4, -0.2) is 39.5 Å². The second-order valence-electron chi connectivity index (χ2n) is 6.44. The number of hydrogen-bond acceptors (Lipinski definition) is 6. The van der Waals surface area contributed by atoms with E-state index >= 15 is 0 Å². The van der Waals surface area contributed by atoms with Gasteiger partial charge in [-0.25, -0.2) is 9.97 Å². The number of hydrogen-bond donors (Lipinski definition) is 2. The van der Waals surface area contributed by atoms with Crippen molar-refractivity contribution in [3.8, 4) is 0 Å². The maximum Gasteiger partial charge on any atom is 0.307 e. The lowest BCUT2D eigenvalue weighted by Crippen LogP contribution is -2.40. The molecule has 0 radical (unpaired) electrons. The van der Waals surface area contributed by atoms with Crippen molar-refractivity contribution in [2.45, 2.75) is 25.3 Å². The van der Waals surface area contributed by atoms with Gasteiger partial charge >= 0.3 is 5.97 Å². The van der Waals surface area contributed by atoms with E-state index in [4.69, 9.17) is 5.11 Å². The third-order valence-corrected chi connectivity index (χ3v) is 5.47. The van der Waals surface area contributed by atoms with Crippen molar-refractivity contribution in [2.24, 2.45) is 0 Å². The molecule has 1 aliphatic rings. The zero-order valence-corrected chi connectivity index (χ0v) is 15.3. The Bertz CT molecular complexity index is 986. The van der Waals surface area contributed by atoms with Gasteiger partial charge in [0, 0.05) is 12.2 Å². The number of fused-ring (bicyclic) bond motifs is 1. The topological polar surface area (TPSA) is 95.4 Å². The number of aliphatic carboxylic acids is 1. The zero-order chi connectivity index (χ0) is 18.8. The van der Waals surface area contributed by atoms with Crippen LogP contribution in [-0.2, 0) is 16.0 Å². The first-order valence-electron chi connectivity index (χ1n) is 8.68. The number of carbonyl (C=O) groups excluding carboxylic acids is 1. The third-order valence-electron chi connectivity index (χ3n) is 4.65. The molecule has 8 heteroatoms. The Morgan fingerprint density at radius 1 is 1.22 bits per heavy atom.